The van der Waals surface area contributed by atoms with Gasteiger partial charge in [0.25, 0.3) is 0 Å². The van der Waals surface area contributed by atoms with Gasteiger partial charge in [0.2, 0.25) is 11.8 Å². The third kappa shape index (κ3) is 8.38. The average molecular weight is 659 g/mol. The molecule has 1 fully saturated rings. The number of halogens is 1. The SMILES string of the molecule is COCCN(C(=O)CCC1CCCC1)[C@@H]1CC(C(=O)NCCO)=C[C@H](Oc2c(I)cc(C=O)cc2OC)[C@H]1O. The van der Waals surface area contributed by atoms with Crippen LogP contribution in [0.1, 0.15) is 55.3 Å². The molecule has 39 heavy (non-hydrogen) atoms. The van der Waals surface area contributed by atoms with Gasteiger partial charge in [0.1, 0.15) is 18.5 Å². The van der Waals surface area contributed by atoms with Crippen molar-refractivity contribution < 1.29 is 38.8 Å². The first-order valence-electron chi connectivity index (χ1n) is 13.4. The Kier molecular flexibility index (Phi) is 12.5. The van der Waals surface area contributed by atoms with Gasteiger partial charge in [0.05, 0.1) is 29.9 Å². The second-order valence-electron chi connectivity index (χ2n) is 9.94. The Morgan fingerprint density at radius 2 is 1.97 bits per heavy atom. The van der Waals surface area contributed by atoms with E-state index in [-0.39, 0.29) is 38.6 Å². The maximum absolute atomic E-state index is 13.5. The maximum atomic E-state index is 13.5. The summed E-state index contributed by atoms with van der Waals surface area (Å²) in [6, 6.07) is 2.43. The highest BCUT2D eigenvalue weighted by Gasteiger charge is 2.41. The van der Waals surface area contributed by atoms with Gasteiger partial charge in [-0.15, -0.1) is 0 Å². The molecule has 1 aromatic carbocycles. The number of methoxy groups -OCH3 is 2. The highest BCUT2D eigenvalue weighted by Crippen LogP contribution is 2.37. The van der Waals surface area contributed by atoms with E-state index in [1.165, 1.54) is 26.0 Å². The van der Waals surface area contributed by atoms with Crippen molar-refractivity contribution in [3.05, 3.63) is 32.9 Å². The lowest BCUT2D eigenvalue weighted by Crippen LogP contribution is -2.55. The molecule has 3 N–H and O–H groups in total. The Morgan fingerprint density at radius 3 is 2.62 bits per heavy atom. The molecule has 216 valence electrons. The number of nitrogens with zero attached hydrogens (tertiary/aromatic N) is 1. The standard InChI is InChI=1S/C28H39IN2O8/c1-37-12-10-31(25(34)8-7-18-5-3-4-6-18)22-15-20(28(36)30-9-11-32)16-23(26(22)35)39-27-21(29)13-19(17-33)14-24(27)38-2/h13-14,16-18,22-23,26,32,35H,3-12,15H2,1-2H3,(H,30,36)/t22-,23+,26+/m1/s1. The van der Waals surface area contributed by atoms with Crippen molar-refractivity contribution in [1.82, 2.24) is 10.2 Å². The molecule has 1 aromatic rings. The number of nitrogens with one attached hydrogen (secondary N) is 1. The zero-order valence-electron chi connectivity index (χ0n) is 22.6. The predicted molar refractivity (Wildman–Crippen MR) is 153 cm³/mol. The summed E-state index contributed by atoms with van der Waals surface area (Å²) < 4.78 is 17.5. The minimum Gasteiger partial charge on any atom is -0.493 e. The van der Waals surface area contributed by atoms with E-state index in [1.807, 2.05) is 22.6 Å². The number of hydrogen-bond donors (Lipinski definition) is 3. The Hall–Kier alpha value is -2.22. The van der Waals surface area contributed by atoms with Crippen molar-refractivity contribution in [2.24, 2.45) is 5.92 Å². The number of aliphatic hydroxyl groups is 2. The van der Waals surface area contributed by atoms with E-state index in [0.717, 1.165) is 19.3 Å². The van der Waals surface area contributed by atoms with Crippen LogP contribution in [0, 0.1) is 9.49 Å². The van der Waals surface area contributed by atoms with Gasteiger partial charge in [-0.2, -0.15) is 0 Å². The molecule has 0 heterocycles. The van der Waals surface area contributed by atoms with Crippen LogP contribution in [0.2, 0.25) is 0 Å². The quantitative estimate of drug-likeness (QED) is 0.205. The molecule has 3 atom stereocenters. The number of hydrogen-bond acceptors (Lipinski definition) is 8. The van der Waals surface area contributed by atoms with Crippen LogP contribution in [-0.2, 0) is 14.3 Å². The second-order valence-corrected chi connectivity index (χ2v) is 11.1. The molecule has 0 radical (unpaired) electrons. The van der Waals surface area contributed by atoms with Gasteiger partial charge in [0.15, 0.2) is 11.5 Å². The molecule has 0 unspecified atom stereocenters. The lowest BCUT2D eigenvalue weighted by Gasteiger charge is -2.40. The molecule has 2 aliphatic rings. The Labute approximate surface area is 243 Å². The van der Waals surface area contributed by atoms with Gasteiger partial charge in [-0.25, -0.2) is 0 Å². The molecular weight excluding hydrogens is 619 g/mol. The van der Waals surface area contributed by atoms with Crippen LogP contribution >= 0.6 is 22.6 Å². The monoisotopic (exact) mass is 658 g/mol. The number of carbonyl (C=O) groups is 3. The van der Waals surface area contributed by atoms with Crippen LogP contribution < -0.4 is 14.8 Å². The highest BCUT2D eigenvalue weighted by atomic mass is 127. The fourth-order valence-corrected chi connectivity index (χ4v) is 6.03. The normalized spacial score (nSPS) is 21.3. The molecule has 2 aliphatic carbocycles. The van der Waals surface area contributed by atoms with E-state index in [2.05, 4.69) is 5.32 Å². The van der Waals surface area contributed by atoms with E-state index in [9.17, 15) is 24.6 Å². The molecule has 1 saturated carbocycles. The van der Waals surface area contributed by atoms with Crippen molar-refractivity contribution in [3.63, 3.8) is 0 Å². The lowest BCUT2D eigenvalue weighted by molar-refractivity contribution is -0.139. The largest absolute Gasteiger partial charge is 0.493 e. The van der Waals surface area contributed by atoms with E-state index in [1.54, 1.807) is 24.2 Å². The Bertz CT molecular complexity index is 1030. The van der Waals surface area contributed by atoms with Crippen molar-refractivity contribution >= 4 is 40.7 Å². The number of rotatable bonds is 14. The zero-order valence-corrected chi connectivity index (χ0v) is 24.7. The van der Waals surface area contributed by atoms with Crippen molar-refractivity contribution in [3.8, 4) is 11.5 Å². The van der Waals surface area contributed by atoms with Gasteiger partial charge < -0.3 is 34.6 Å². The highest BCUT2D eigenvalue weighted by molar-refractivity contribution is 14.1. The van der Waals surface area contributed by atoms with Gasteiger partial charge in [-0.3, -0.25) is 14.4 Å². The predicted octanol–water partition coefficient (Wildman–Crippen LogP) is 2.47. The van der Waals surface area contributed by atoms with Crippen LogP contribution in [-0.4, -0.2) is 92.0 Å². The molecule has 0 saturated heterocycles. The van der Waals surface area contributed by atoms with Crippen LogP contribution in [0.3, 0.4) is 0 Å². The van der Waals surface area contributed by atoms with Gasteiger partial charge in [-0.1, -0.05) is 25.7 Å². The summed E-state index contributed by atoms with van der Waals surface area (Å²) in [5.41, 5.74) is 0.747. The molecular formula is C28H39IN2O8. The molecule has 0 aliphatic heterocycles. The summed E-state index contributed by atoms with van der Waals surface area (Å²) in [7, 11) is 3.00. The number of ether oxygens (including phenoxy) is 3. The average Bonchev–Trinajstić information content (AvgIpc) is 3.46. The van der Waals surface area contributed by atoms with Crippen LogP contribution in [0.15, 0.2) is 23.8 Å². The zero-order chi connectivity index (χ0) is 28.4. The molecule has 2 amide bonds. The number of aliphatic hydroxyl groups excluding tert-OH is 2. The summed E-state index contributed by atoms with van der Waals surface area (Å²) >= 11 is 2.02. The maximum Gasteiger partial charge on any atom is 0.247 e. The smallest absolute Gasteiger partial charge is 0.247 e. The minimum absolute atomic E-state index is 0.0709. The van der Waals surface area contributed by atoms with Crippen molar-refractivity contribution in [2.75, 3.05) is 40.5 Å². The second kappa shape index (κ2) is 15.5. The van der Waals surface area contributed by atoms with Crippen LogP contribution in [0.5, 0.6) is 11.5 Å². The first-order valence-corrected chi connectivity index (χ1v) is 14.5. The Morgan fingerprint density at radius 1 is 1.23 bits per heavy atom. The third-order valence-electron chi connectivity index (χ3n) is 7.35. The fourth-order valence-electron chi connectivity index (χ4n) is 5.27. The summed E-state index contributed by atoms with van der Waals surface area (Å²) in [6.07, 6.45) is 6.04. The summed E-state index contributed by atoms with van der Waals surface area (Å²) in [6.45, 7) is 0.387. The van der Waals surface area contributed by atoms with E-state index >= 15 is 0 Å². The molecule has 0 bridgehead atoms. The van der Waals surface area contributed by atoms with Gasteiger partial charge in [-0.05, 0) is 53.1 Å². The number of amides is 2. The van der Waals surface area contributed by atoms with Gasteiger partial charge >= 0.3 is 0 Å². The van der Waals surface area contributed by atoms with Gasteiger partial charge in [0, 0.05) is 44.2 Å². The van der Waals surface area contributed by atoms with E-state index in [0.29, 0.717) is 44.8 Å². The first-order chi connectivity index (χ1) is 18.8. The molecule has 10 nitrogen and oxygen atoms in total. The number of benzene rings is 1. The number of aldehydes is 1. The van der Waals surface area contributed by atoms with Crippen LogP contribution in [0.25, 0.3) is 0 Å². The summed E-state index contributed by atoms with van der Waals surface area (Å²) in [4.78, 5) is 39.4. The molecule has 11 heteroatoms. The first kappa shape index (κ1) is 31.3. The van der Waals surface area contributed by atoms with Crippen molar-refractivity contribution in [1.29, 1.82) is 0 Å². The third-order valence-corrected chi connectivity index (χ3v) is 8.16. The topological polar surface area (TPSA) is 135 Å². The fraction of sp³-hybridized carbons (Fsp3) is 0.607. The minimum atomic E-state index is -1.15. The summed E-state index contributed by atoms with van der Waals surface area (Å²) in [5.74, 6) is 0.658. The molecule has 0 aromatic heterocycles. The lowest BCUT2D eigenvalue weighted by atomic mass is 9.87. The molecule has 0 spiro atoms. The number of carbonyl (C=O) groups excluding carboxylic acids is 3. The Balaban J connectivity index is 1.92. The van der Waals surface area contributed by atoms with Crippen molar-refractivity contribution in [2.45, 2.75) is 63.2 Å². The van der Waals surface area contributed by atoms with E-state index in [4.69, 9.17) is 14.2 Å². The van der Waals surface area contributed by atoms with E-state index < -0.39 is 24.2 Å². The van der Waals surface area contributed by atoms with Crippen LogP contribution in [0.4, 0.5) is 0 Å². The molecule has 3 rings (SSSR count). The summed E-state index contributed by atoms with van der Waals surface area (Å²) in [5, 5.41) is 23.4.